The fraction of sp³-hybridized carbons (Fsp3) is 0. The number of aromatic amines is 3. The normalized spacial score (nSPS) is 12.1. The van der Waals surface area contributed by atoms with Crippen LogP contribution in [0.25, 0.3) is 285 Å². The van der Waals surface area contributed by atoms with Crippen molar-refractivity contribution in [3.8, 4) is 61.6 Å². The Morgan fingerprint density at radius 2 is 0.415 bits per heavy atom. The minimum atomic E-state index is 1.16. The van der Waals surface area contributed by atoms with E-state index in [1.165, 1.54) is 280 Å². The highest BCUT2D eigenvalue weighted by atomic mass is 32.1. The van der Waals surface area contributed by atoms with Crippen LogP contribution in [0, 0.1) is 0 Å². The van der Waals surface area contributed by atoms with Crippen LogP contribution < -0.4 is 0 Å². The quantitative estimate of drug-likeness (QED) is 0.142. The van der Waals surface area contributed by atoms with Crippen molar-refractivity contribution < 1.29 is 0 Å². The van der Waals surface area contributed by atoms with E-state index in [9.17, 15) is 0 Å². The van der Waals surface area contributed by atoms with E-state index < -0.39 is 0 Å². The van der Waals surface area contributed by atoms with Crippen molar-refractivity contribution in [1.29, 1.82) is 0 Å². The molecule has 31 rings (SSSR count). The highest BCUT2D eigenvalue weighted by Crippen LogP contribution is 2.54. The van der Waals surface area contributed by atoms with Gasteiger partial charge in [-0.25, -0.2) is 0 Å². The molecule has 0 radical (unpaired) electrons. The van der Waals surface area contributed by atoms with Gasteiger partial charge in [-0.15, -0.1) is 34.0 Å². The van der Waals surface area contributed by atoms with Crippen molar-refractivity contribution in [2.75, 3.05) is 0 Å². The average molecular weight is 1770 g/mol. The first-order chi connectivity index (χ1) is 67.0. The van der Waals surface area contributed by atoms with Gasteiger partial charge in [-0.1, -0.05) is 334 Å². The van der Waals surface area contributed by atoms with Gasteiger partial charge in [0.15, 0.2) is 0 Å². The third kappa shape index (κ3) is 11.6. The predicted octanol–water partition coefficient (Wildman–Crippen LogP) is 36.5. The van der Waals surface area contributed by atoms with Crippen molar-refractivity contribution in [3.05, 3.63) is 443 Å². The first-order valence-corrected chi connectivity index (χ1v) is 48.6. The molecule has 9 heterocycles. The van der Waals surface area contributed by atoms with Crippen LogP contribution in [-0.2, 0) is 0 Å². The fourth-order valence-corrected chi connectivity index (χ4v) is 26.3. The van der Waals surface area contributed by atoms with E-state index in [2.05, 4.69) is 471 Å². The Morgan fingerprint density at radius 3 is 0.793 bits per heavy atom. The van der Waals surface area contributed by atoms with Crippen molar-refractivity contribution >= 4 is 258 Å². The number of para-hydroxylation sites is 5. The molecule has 0 spiro atoms. The van der Waals surface area contributed by atoms with Gasteiger partial charge in [-0.05, 0) is 170 Å². The molecule has 628 valence electrons. The number of hydrogen-bond acceptors (Lipinski definition) is 3. The van der Waals surface area contributed by atoms with Gasteiger partial charge in [0.2, 0.25) is 0 Å². The zero-order valence-electron chi connectivity index (χ0n) is 72.7. The average Bonchev–Trinajstić information content (AvgIpc) is 1.55. The zero-order chi connectivity index (χ0) is 88.2. The number of benzene rings is 22. The minimum Gasteiger partial charge on any atom is -0.354 e. The standard InChI is InChI=1S/C46H28N2S.2C40H24N2S/c1-3-11-28(12-4-1)30-19-22-32(23-20-30)48-40-25-31(29-13-5-2-6-14-29)21-24-33(40)37-26-38-42(27-41(37)48)49-46-35-16-8-7-15-34(35)43-36-17-9-10-18-39(36)47-45(43)44(38)46;1-2-11-24(12-3-1)25-13-10-14-26(21-25)42-34-20-9-7-15-27(34)31-22-32-36(23-35(31)42)43-40-29-17-5-4-16-28(29)37-30-18-6-8-19-33(30)41-39(37)38(32)40;1-2-10-24(11-3-1)25-18-20-26(21-19-25)42-34-17-9-7-12-27(34)31-22-32-36(23-35(31)42)43-40-29-14-5-4-13-28(29)37-30-15-6-8-16-33(30)41-39(37)38(32)40/h1-27,47H;2*1-23,41H. The maximum atomic E-state index is 3.85. The van der Waals surface area contributed by atoms with E-state index in [4.69, 9.17) is 0 Å². The van der Waals surface area contributed by atoms with Gasteiger partial charge in [0.25, 0.3) is 0 Å². The van der Waals surface area contributed by atoms with Crippen LogP contribution in [0.5, 0.6) is 0 Å². The van der Waals surface area contributed by atoms with Gasteiger partial charge in [-0.3, -0.25) is 0 Å². The number of rotatable bonds is 7. The molecule has 31 aromatic rings. The lowest BCUT2D eigenvalue weighted by Crippen LogP contribution is -1.94. The lowest BCUT2D eigenvalue weighted by atomic mass is 9.99. The molecule has 135 heavy (non-hydrogen) atoms. The van der Waals surface area contributed by atoms with Crippen LogP contribution in [0.4, 0.5) is 0 Å². The number of thiophene rings is 3. The van der Waals surface area contributed by atoms with Gasteiger partial charge in [0, 0.05) is 175 Å². The SMILES string of the molecule is c1ccc(-c2ccc(-n3c4cc(-c5ccccc5)ccc4c4cc5c(cc43)sc3c4ccccc4c4c6ccccc6[nH]c4c53)cc2)cc1.c1ccc(-c2ccc(-n3c4ccccc4c4cc5c(cc43)sc3c4ccccc4c4c6ccccc6[nH]c4c53)cc2)cc1.c1ccc(-c2cccc(-n3c4ccccc4c4cc5c(cc43)sc3c4ccccc4c4c6ccccc6[nH]c4c53)c2)cc1. The van der Waals surface area contributed by atoms with Crippen LogP contribution in [0.1, 0.15) is 0 Å². The molecule has 0 amide bonds. The molecule has 0 saturated carbocycles. The van der Waals surface area contributed by atoms with Crippen molar-refractivity contribution in [2.24, 2.45) is 0 Å². The van der Waals surface area contributed by atoms with E-state index in [1.807, 2.05) is 34.0 Å². The summed E-state index contributed by atoms with van der Waals surface area (Å²) in [6.45, 7) is 0. The van der Waals surface area contributed by atoms with Gasteiger partial charge in [0.05, 0.1) is 49.7 Å². The summed E-state index contributed by atoms with van der Waals surface area (Å²) in [4.78, 5) is 11.5. The van der Waals surface area contributed by atoms with E-state index in [-0.39, 0.29) is 0 Å². The molecule has 9 heteroatoms. The van der Waals surface area contributed by atoms with E-state index in [0.29, 0.717) is 0 Å². The van der Waals surface area contributed by atoms with Gasteiger partial charge in [-0.2, -0.15) is 0 Å². The summed E-state index contributed by atoms with van der Waals surface area (Å²) >= 11 is 5.73. The second-order valence-electron chi connectivity index (χ2n) is 35.8. The van der Waals surface area contributed by atoms with Gasteiger partial charge in [0.1, 0.15) is 0 Å². The topological polar surface area (TPSA) is 62.2 Å². The first kappa shape index (κ1) is 75.9. The number of aromatic nitrogens is 6. The summed E-state index contributed by atoms with van der Waals surface area (Å²) in [7, 11) is 0. The number of nitrogens with zero attached hydrogens (tertiary/aromatic N) is 3. The summed E-state index contributed by atoms with van der Waals surface area (Å²) in [5.74, 6) is 0. The van der Waals surface area contributed by atoms with Crippen LogP contribution >= 0.6 is 34.0 Å². The Morgan fingerprint density at radius 1 is 0.148 bits per heavy atom. The summed E-state index contributed by atoms with van der Waals surface area (Å²) in [5.41, 5.74) is 27.9. The lowest BCUT2D eigenvalue weighted by molar-refractivity contribution is 1.18. The Balaban J connectivity index is 0.0000000987. The Hall–Kier alpha value is -16.9. The summed E-state index contributed by atoms with van der Waals surface area (Å²) < 4.78 is 15.3. The molecule has 0 unspecified atom stereocenters. The molecule has 9 aromatic heterocycles. The van der Waals surface area contributed by atoms with Crippen LogP contribution in [0.2, 0.25) is 0 Å². The largest absolute Gasteiger partial charge is 0.354 e. The molecular formula is C126H76N6S3. The van der Waals surface area contributed by atoms with Crippen molar-refractivity contribution in [3.63, 3.8) is 0 Å². The maximum Gasteiger partial charge on any atom is 0.0565 e. The minimum absolute atomic E-state index is 1.16. The van der Waals surface area contributed by atoms with Crippen molar-refractivity contribution in [1.82, 2.24) is 28.7 Å². The third-order valence-corrected chi connectivity index (χ3v) is 32.1. The molecular weight excluding hydrogens is 1690 g/mol. The highest BCUT2D eigenvalue weighted by molar-refractivity contribution is 7.28. The fourth-order valence-electron chi connectivity index (χ4n) is 22.5. The molecule has 6 nitrogen and oxygen atoms in total. The highest BCUT2D eigenvalue weighted by Gasteiger charge is 2.27. The van der Waals surface area contributed by atoms with Gasteiger partial charge < -0.3 is 28.7 Å². The first-order valence-electron chi connectivity index (χ1n) is 46.2. The molecule has 0 saturated heterocycles. The number of nitrogens with one attached hydrogen (secondary N) is 3. The van der Waals surface area contributed by atoms with E-state index in [1.54, 1.807) is 0 Å². The second kappa shape index (κ2) is 29.8. The molecule has 0 fully saturated rings. The molecule has 0 bridgehead atoms. The summed E-state index contributed by atoms with van der Waals surface area (Å²) in [6, 6.07) is 162. The molecule has 0 aliphatic rings. The summed E-state index contributed by atoms with van der Waals surface area (Å²) in [5, 5.41) is 31.3. The Kier molecular flexibility index (Phi) is 16.7. The van der Waals surface area contributed by atoms with Crippen molar-refractivity contribution in [2.45, 2.75) is 0 Å². The predicted molar refractivity (Wildman–Crippen MR) is 583 cm³/mol. The smallest absolute Gasteiger partial charge is 0.0565 e. The van der Waals surface area contributed by atoms with E-state index >= 15 is 0 Å². The lowest BCUT2D eigenvalue weighted by Gasteiger charge is -2.10. The molecule has 3 N–H and O–H groups in total. The monoisotopic (exact) mass is 1770 g/mol. The summed E-state index contributed by atoms with van der Waals surface area (Å²) in [6.07, 6.45) is 0. The second-order valence-corrected chi connectivity index (χ2v) is 39.0. The number of hydrogen-bond donors (Lipinski definition) is 3. The van der Waals surface area contributed by atoms with Crippen LogP contribution in [0.3, 0.4) is 0 Å². The number of H-pyrrole nitrogens is 3. The zero-order valence-corrected chi connectivity index (χ0v) is 75.2. The Labute approximate surface area is 784 Å². The van der Waals surface area contributed by atoms with Crippen LogP contribution in [-0.4, -0.2) is 28.7 Å². The maximum absolute atomic E-state index is 3.85. The molecule has 0 aliphatic heterocycles. The van der Waals surface area contributed by atoms with E-state index in [0.717, 1.165) is 5.69 Å². The third-order valence-electron chi connectivity index (χ3n) is 28.5. The molecule has 0 aliphatic carbocycles. The molecule has 0 atom stereocenters. The molecule has 22 aromatic carbocycles. The Bertz CT molecular complexity index is 10400. The van der Waals surface area contributed by atoms with Gasteiger partial charge >= 0.3 is 0 Å². The van der Waals surface area contributed by atoms with Crippen LogP contribution in [0.15, 0.2) is 443 Å². The number of fused-ring (bicyclic) bond motifs is 39.